The Balaban J connectivity index is 2.28. The van der Waals surface area contributed by atoms with Gasteiger partial charge in [0.15, 0.2) is 0 Å². The molecule has 19 heavy (non-hydrogen) atoms. The lowest BCUT2D eigenvalue weighted by atomic mass is 10.1. The van der Waals surface area contributed by atoms with E-state index in [2.05, 4.69) is 0 Å². The first kappa shape index (κ1) is 15.3. The fraction of sp³-hybridized carbons (Fsp3) is 0.667. The second kappa shape index (κ2) is 5.33. The van der Waals surface area contributed by atoms with Crippen molar-refractivity contribution in [1.29, 1.82) is 0 Å². The molecule has 1 atom stereocenters. The molecule has 1 aliphatic heterocycles. The van der Waals surface area contributed by atoms with Crippen LogP contribution in [0.3, 0.4) is 0 Å². The molecule has 108 valence electrons. The van der Waals surface area contributed by atoms with Crippen molar-refractivity contribution in [3.05, 3.63) is 17.0 Å². The summed E-state index contributed by atoms with van der Waals surface area (Å²) in [5, 5.41) is 0. The topological polar surface area (TPSA) is 46.6 Å². The van der Waals surface area contributed by atoms with E-state index in [1.54, 1.807) is 12.1 Å². The highest BCUT2D eigenvalue weighted by Gasteiger charge is 2.38. The highest BCUT2D eigenvalue weighted by atomic mass is 35.5. The minimum atomic E-state index is -3.44. The van der Waals surface area contributed by atoms with Gasteiger partial charge >= 0.3 is 0 Å². The standard InChI is InChI=1S/C12H18ClNO3S2/c1-9-7-14(8-12(2,3)17-9)19(15,16)11-5-4-10(6-13)18-11/h4-5,9H,6-8H2,1-3H3. The van der Waals surface area contributed by atoms with E-state index in [9.17, 15) is 8.42 Å². The molecule has 0 radical (unpaired) electrons. The van der Waals surface area contributed by atoms with Crippen LogP contribution in [0.15, 0.2) is 16.3 Å². The maximum Gasteiger partial charge on any atom is 0.252 e. The summed E-state index contributed by atoms with van der Waals surface area (Å²) in [5.41, 5.74) is -0.461. The second-order valence-corrected chi connectivity index (χ2v) is 8.94. The van der Waals surface area contributed by atoms with Gasteiger partial charge in [-0.05, 0) is 32.9 Å². The Bertz CT molecular complexity index is 553. The molecule has 7 heteroatoms. The van der Waals surface area contributed by atoms with Crippen molar-refractivity contribution in [3.63, 3.8) is 0 Å². The van der Waals surface area contributed by atoms with Gasteiger partial charge < -0.3 is 4.74 Å². The maximum absolute atomic E-state index is 12.6. The Morgan fingerprint density at radius 2 is 2.21 bits per heavy atom. The van der Waals surface area contributed by atoms with Crippen molar-refractivity contribution in [2.24, 2.45) is 0 Å². The zero-order valence-electron chi connectivity index (χ0n) is 11.2. The van der Waals surface area contributed by atoms with Crippen LogP contribution in [0.25, 0.3) is 0 Å². The molecule has 0 aromatic carbocycles. The minimum absolute atomic E-state index is 0.106. The molecule has 0 saturated carbocycles. The fourth-order valence-electron chi connectivity index (χ4n) is 2.27. The summed E-state index contributed by atoms with van der Waals surface area (Å²) < 4.78 is 32.8. The molecule has 1 saturated heterocycles. The Labute approximate surface area is 123 Å². The van der Waals surface area contributed by atoms with Crippen LogP contribution in [-0.2, 0) is 20.6 Å². The summed E-state index contributed by atoms with van der Waals surface area (Å²) >= 11 is 6.96. The first-order chi connectivity index (χ1) is 8.74. The summed E-state index contributed by atoms with van der Waals surface area (Å²) in [7, 11) is -3.44. The number of hydrogen-bond donors (Lipinski definition) is 0. The third-order valence-corrected chi connectivity index (χ3v) is 6.71. The van der Waals surface area contributed by atoms with Gasteiger partial charge in [0.05, 0.1) is 17.6 Å². The summed E-state index contributed by atoms with van der Waals surface area (Å²) in [6.45, 7) is 6.46. The van der Waals surface area contributed by atoms with E-state index >= 15 is 0 Å². The first-order valence-electron chi connectivity index (χ1n) is 6.07. The molecule has 4 nitrogen and oxygen atoms in total. The Kier molecular flexibility index (Phi) is 4.28. The smallest absolute Gasteiger partial charge is 0.252 e. The van der Waals surface area contributed by atoms with E-state index in [1.807, 2.05) is 20.8 Å². The third kappa shape index (κ3) is 3.31. The van der Waals surface area contributed by atoms with Gasteiger partial charge in [-0.15, -0.1) is 22.9 Å². The van der Waals surface area contributed by atoms with Crippen molar-refractivity contribution < 1.29 is 13.2 Å². The van der Waals surface area contributed by atoms with Gasteiger partial charge in [0, 0.05) is 18.0 Å². The highest BCUT2D eigenvalue weighted by molar-refractivity contribution is 7.91. The molecule has 0 bridgehead atoms. The van der Waals surface area contributed by atoms with Crippen molar-refractivity contribution >= 4 is 33.0 Å². The molecular formula is C12H18ClNO3S2. The zero-order chi connectivity index (χ0) is 14.3. The fourth-order valence-corrected chi connectivity index (χ4v) is 5.55. The van der Waals surface area contributed by atoms with Gasteiger partial charge in [-0.2, -0.15) is 4.31 Å². The summed E-state index contributed by atoms with van der Waals surface area (Å²) in [6, 6.07) is 3.39. The number of nitrogens with zero attached hydrogens (tertiary/aromatic N) is 1. The molecule has 0 amide bonds. The third-order valence-electron chi connectivity index (χ3n) is 2.90. The molecule has 0 N–H and O–H groups in total. The molecular weight excluding hydrogens is 306 g/mol. The maximum atomic E-state index is 12.6. The lowest BCUT2D eigenvalue weighted by Gasteiger charge is -2.40. The Hall–Kier alpha value is -0.140. The number of halogens is 1. The number of thiophene rings is 1. The van der Waals surface area contributed by atoms with E-state index in [1.165, 1.54) is 15.6 Å². The van der Waals surface area contributed by atoms with Gasteiger partial charge in [-0.3, -0.25) is 0 Å². The molecule has 2 heterocycles. The first-order valence-corrected chi connectivity index (χ1v) is 8.86. The van der Waals surface area contributed by atoms with Crippen LogP contribution < -0.4 is 0 Å². The van der Waals surface area contributed by atoms with Crippen LogP contribution in [0, 0.1) is 0 Å². The monoisotopic (exact) mass is 323 g/mol. The number of morpholine rings is 1. The van der Waals surface area contributed by atoms with Crippen molar-refractivity contribution in [3.8, 4) is 0 Å². The summed E-state index contributed by atoms with van der Waals surface area (Å²) in [4.78, 5) is 0.862. The van der Waals surface area contributed by atoms with Crippen LogP contribution >= 0.6 is 22.9 Å². The highest BCUT2D eigenvalue weighted by Crippen LogP contribution is 2.30. The second-order valence-electron chi connectivity index (χ2n) is 5.34. The van der Waals surface area contributed by atoms with Gasteiger partial charge in [-0.25, -0.2) is 8.42 Å². The predicted molar refractivity (Wildman–Crippen MR) is 77.3 cm³/mol. The molecule has 1 aromatic rings. The molecule has 2 rings (SSSR count). The summed E-state index contributed by atoms with van der Waals surface area (Å²) in [5.74, 6) is 0.338. The van der Waals surface area contributed by atoms with Crippen molar-refractivity contribution in [2.45, 2.75) is 42.6 Å². The average Bonchev–Trinajstić information content (AvgIpc) is 2.75. The molecule has 1 fully saturated rings. The van der Waals surface area contributed by atoms with E-state index in [0.717, 1.165) is 4.88 Å². The van der Waals surface area contributed by atoms with E-state index in [-0.39, 0.29) is 6.10 Å². The Morgan fingerprint density at radius 1 is 1.53 bits per heavy atom. The average molecular weight is 324 g/mol. The number of rotatable bonds is 3. The number of sulfonamides is 1. The van der Waals surface area contributed by atoms with Crippen LogP contribution in [0.5, 0.6) is 0 Å². The lowest BCUT2D eigenvalue weighted by molar-refractivity contribution is -0.109. The zero-order valence-corrected chi connectivity index (χ0v) is 13.6. The number of alkyl halides is 1. The van der Waals surface area contributed by atoms with E-state index in [0.29, 0.717) is 23.2 Å². The molecule has 0 spiro atoms. The Morgan fingerprint density at radius 3 is 2.74 bits per heavy atom. The quantitative estimate of drug-likeness (QED) is 0.803. The lowest BCUT2D eigenvalue weighted by Crippen LogP contribution is -2.53. The van der Waals surface area contributed by atoms with Crippen LogP contribution in [0.2, 0.25) is 0 Å². The summed E-state index contributed by atoms with van der Waals surface area (Å²) in [6.07, 6.45) is -0.106. The van der Waals surface area contributed by atoms with Gasteiger partial charge in [0.25, 0.3) is 10.0 Å². The number of ether oxygens (including phenoxy) is 1. The van der Waals surface area contributed by atoms with Crippen LogP contribution in [0.1, 0.15) is 25.6 Å². The minimum Gasteiger partial charge on any atom is -0.370 e. The largest absolute Gasteiger partial charge is 0.370 e. The van der Waals surface area contributed by atoms with Gasteiger partial charge in [0.2, 0.25) is 0 Å². The molecule has 1 aliphatic rings. The van der Waals surface area contributed by atoms with Gasteiger partial charge in [-0.1, -0.05) is 0 Å². The SMILES string of the molecule is CC1CN(S(=O)(=O)c2ccc(CCl)s2)CC(C)(C)O1. The normalized spacial score (nSPS) is 24.5. The van der Waals surface area contributed by atoms with E-state index in [4.69, 9.17) is 16.3 Å². The number of hydrogen-bond acceptors (Lipinski definition) is 4. The van der Waals surface area contributed by atoms with Crippen molar-refractivity contribution in [2.75, 3.05) is 13.1 Å². The molecule has 0 aliphatic carbocycles. The predicted octanol–water partition coefficient (Wildman–Crippen LogP) is 2.67. The van der Waals surface area contributed by atoms with Crippen LogP contribution in [-0.4, -0.2) is 37.5 Å². The van der Waals surface area contributed by atoms with Gasteiger partial charge in [0.1, 0.15) is 4.21 Å². The van der Waals surface area contributed by atoms with Crippen LogP contribution in [0.4, 0.5) is 0 Å². The van der Waals surface area contributed by atoms with Crippen molar-refractivity contribution in [1.82, 2.24) is 4.31 Å². The molecule has 1 aromatic heterocycles. The van der Waals surface area contributed by atoms with E-state index < -0.39 is 15.6 Å². The molecule has 1 unspecified atom stereocenters.